The van der Waals surface area contributed by atoms with Gasteiger partial charge in [0, 0.05) is 19.5 Å². The zero-order chi connectivity index (χ0) is 20.1. The predicted molar refractivity (Wildman–Crippen MR) is 105 cm³/mol. The summed E-state index contributed by atoms with van der Waals surface area (Å²) in [5.41, 5.74) is 0.320. The summed E-state index contributed by atoms with van der Waals surface area (Å²) < 4.78 is 24.8. The van der Waals surface area contributed by atoms with Crippen molar-refractivity contribution >= 4 is 5.91 Å². The van der Waals surface area contributed by atoms with Crippen LogP contribution in [0.3, 0.4) is 0 Å². The van der Waals surface area contributed by atoms with Gasteiger partial charge < -0.3 is 14.2 Å². The molecule has 0 spiro atoms. The summed E-state index contributed by atoms with van der Waals surface area (Å²) in [6.45, 7) is 1.36. The SMILES string of the molecule is O=C(COc1ccccc1)N1CCCC(Cc2nc(-c3ccccc3F)no2)C1. The van der Waals surface area contributed by atoms with Gasteiger partial charge in [0.2, 0.25) is 11.7 Å². The van der Waals surface area contributed by atoms with Crippen LogP contribution in [0.2, 0.25) is 0 Å². The lowest BCUT2D eigenvalue weighted by atomic mass is 9.94. The summed E-state index contributed by atoms with van der Waals surface area (Å²) in [7, 11) is 0. The number of amides is 1. The van der Waals surface area contributed by atoms with Crippen molar-refractivity contribution in [3.8, 4) is 17.1 Å². The first-order valence-corrected chi connectivity index (χ1v) is 9.72. The highest BCUT2D eigenvalue weighted by Crippen LogP contribution is 2.23. The number of ether oxygens (including phenoxy) is 1. The summed E-state index contributed by atoms with van der Waals surface area (Å²) in [5.74, 6) is 1.20. The molecule has 1 unspecified atom stereocenters. The molecule has 0 saturated carbocycles. The van der Waals surface area contributed by atoms with Gasteiger partial charge in [-0.1, -0.05) is 35.5 Å². The minimum absolute atomic E-state index is 0.0225. The Morgan fingerprint density at radius 2 is 1.97 bits per heavy atom. The highest BCUT2D eigenvalue weighted by molar-refractivity contribution is 5.77. The van der Waals surface area contributed by atoms with Gasteiger partial charge in [-0.25, -0.2) is 4.39 Å². The monoisotopic (exact) mass is 395 g/mol. The molecule has 7 heteroatoms. The average Bonchev–Trinajstić information content (AvgIpc) is 3.21. The molecule has 0 radical (unpaired) electrons. The third-order valence-electron chi connectivity index (χ3n) is 5.02. The molecule has 1 saturated heterocycles. The van der Waals surface area contributed by atoms with Gasteiger partial charge >= 0.3 is 0 Å². The first-order valence-electron chi connectivity index (χ1n) is 9.72. The Morgan fingerprint density at radius 3 is 2.79 bits per heavy atom. The van der Waals surface area contributed by atoms with E-state index in [2.05, 4.69) is 10.1 Å². The molecular formula is C22H22FN3O3. The van der Waals surface area contributed by atoms with Crippen LogP contribution in [0.4, 0.5) is 4.39 Å². The Hall–Kier alpha value is -3.22. The number of rotatable bonds is 6. The summed E-state index contributed by atoms with van der Waals surface area (Å²) in [5, 5.41) is 3.90. The minimum Gasteiger partial charge on any atom is -0.484 e. The molecule has 1 aliphatic rings. The maximum atomic E-state index is 13.9. The number of likely N-dealkylation sites (tertiary alicyclic amines) is 1. The van der Waals surface area contributed by atoms with Crippen molar-refractivity contribution in [2.24, 2.45) is 5.92 Å². The van der Waals surface area contributed by atoms with Crippen LogP contribution in [0.15, 0.2) is 59.1 Å². The Balaban J connectivity index is 1.33. The van der Waals surface area contributed by atoms with E-state index in [4.69, 9.17) is 9.26 Å². The van der Waals surface area contributed by atoms with E-state index in [-0.39, 0.29) is 30.1 Å². The molecule has 2 heterocycles. The van der Waals surface area contributed by atoms with Gasteiger partial charge in [-0.2, -0.15) is 4.98 Å². The summed E-state index contributed by atoms with van der Waals surface area (Å²) in [6, 6.07) is 15.6. The topological polar surface area (TPSA) is 68.5 Å². The second-order valence-electron chi connectivity index (χ2n) is 7.15. The number of halogens is 1. The first-order chi connectivity index (χ1) is 14.2. The van der Waals surface area contributed by atoms with Crippen molar-refractivity contribution in [2.45, 2.75) is 19.3 Å². The number of hydrogen-bond acceptors (Lipinski definition) is 5. The van der Waals surface area contributed by atoms with E-state index in [1.54, 1.807) is 18.2 Å². The fraction of sp³-hybridized carbons (Fsp3) is 0.318. The van der Waals surface area contributed by atoms with E-state index in [9.17, 15) is 9.18 Å². The fourth-order valence-corrected chi connectivity index (χ4v) is 3.55. The Bertz CT molecular complexity index is 961. The van der Waals surface area contributed by atoms with Gasteiger partial charge in [0.25, 0.3) is 5.91 Å². The van der Waals surface area contributed by atoms with Gasteiger partial charge in [0.05, 0.1) is 5.56 Å². The van der Waals surface area contributed by atoms with Crippen LogP contribution >= 0.6 is 0 Å². The van der Waals surface area contributed by atoms with Crippen molar-refractivity contribution in [3.05, 3.63) is 66.3 Å². The minimum atomic E-state index is -0.382. The van der Waals surface area contributed by atoms with Gasteiger partial charge in [-0.05, 0) is 43.0 Å². The smallest absolute Gasteiger partial charge is 0.260 e. The molecule has 150 valence electrons. The maximum Gasteiger partial charge on any atom is 0.260 e. The maximum absolute atomic E-state index is 13.9. The normalized spacial score (nSPS) is 16.6. The van der Waals surface area contributed by atoms with Crippen molar-refractivity contribution in [2.75, 3.05) is 19.7 Å². The number of aromatic nitrogens is 2. The molecule has 0 N–H and O–H groups in total. The van der Waals surface area contributed by atoms with Gasteiger partial charge in [0.1, 0.15) is 11.6 Å². The van der Waals surface area contributed by atoms with E-state index in [1.165, 1.54) is 6.07 Å². The molecule has 0 bridgehead atoms. The highest BCUT2D eigenvalue weighted by Gasteiger charge is 2.26. The fourth-order valence-electron chi connectivity index (χ4n) is 3.55. The van der Waals surface area contributed by atoms with Crippen LogP contribution in [0.25, 0.3) is 11.4 Å². The molecule has 4 rings (SSSR count). The number of carbonyl (C=O) groups excluding carboxylic acids is 1. The molecule has 0 aliphatic carbocycles. The molecule has 1 aliphatic heterocycles. The molecular weight excluding hydrogens is 373 g/mol. The molecule has 3 aromatic rings. The van der Waals surface area contributed by atoms with Crippen molar-refractivity contribution in [1.29, 1.82) is 0 Å². The Morgan fingerprint density at radius 1 is 1.17 bits per heavy atom. The summed E-state index contributed by atoms with van der Waals surface area (Å²) in [6.07, 6.45) is 2.45. The van der Waals surface area contributed by atoms with Crippen LogP contribution in [-0.4, -0.2) is 40.6 Å². The quantitative estimate of drug-likeness (QED) is 0.636. The van der Waals surface area contributed by atoms with Crippen molar-refractivity contribution in [1.82, 2.24) is 15.0 Å². The van der Waals surface area contributed by atoms with Gasteiger partial charge in [-0.3, -0.25) is 4.79 Å². The van der Waals surface area contributed by atoms with Gasteiger partial charge in [0.15, 0.2) is 6.61 Å². The van der Waals surface area contributed by atoms with Gasteiger partial charge in [-0.15, -0.1) is 0 Å². The first kappa shape index (κ1) is 19.1. The van der Waals surface area contributed by atoms with Crippen LogP contribution in [0, 0.1) is 11.7 Å². The van der Waals surface area contributed by atoms with E-state index < -0.39 is 0 Å². The van der Waals surface area contributed by atoms with E-state index in [0.29, 0.717) is 30.2 Å². The Labute approximate surface area is 168 Å². The number of hydrogen-bond donors (Lipinski definition) is 0. The number of nitrogens with zero attached hydrogens (tertiary/aromatic N) is 3. The average molecular weight is 395 g/mol. The molecule has 1 amide bonds. The van der Waals surface area contributed by atoms with Crippen molar-refractivity contribution in [3.63, 3.8) is 0 Å². The van der Waals surface area contributed by atoms with Crippen LogP contribution in [-0.2, 0) is 11.2 Å². The Kier molecular flexibility index (Phi) is 5.84. The number of benzene rings is 2. The zero-order valence-corrected chi connectivity index (χ0v) is 16.0. The third-order valence-corrected chi connectivity index (χ3v) is 5.02. The number of piperidine rings is 1. The van der Waals surface area contributed by atoms with E-state index in [1.807, 2.05) is 35.2 Å². The molecule has 2 aromatic carbocycles. The predicted octanol–water partition coefficient (Wildman–Crippen LogP) is 3.74. The standard InChI is InChI=1S/C22H22FN3O3/c23-19-11-5-4-10-18(19)22-24-20(29-25-22)13-16-7-6-12-26(14-16)21(27)15-28-17-8-2-1-3-9-17/h1-5,8-11,16H,6-7,12-15H2. The van der Waals surface area contributed by atoms with E-state index >= 15 is 0 Å². The number of para-hydroxylation sites is 1. The summed E-state index contributed by atoms with van der Waals surface area (Å²) in [4.78, 5) is 18.7. The lowest BCUT2D eigenvalue weighted by molar-refractivity contribution is -0.135. The lowest BCUT2D eigenvalue weighted by Gasteiger charge is -2.32. The molecule has 1 fully saturated rings. The van der Waals surface area contributed by atoms with Crippen LogP contribution in [0.1, 0.15) is 18.7 Å². The van der Waals surface area contributed by atoms with Crippen LogP contribution in [0.5, 0.6) is 5.75 Å². The summed E-state index contributed by atoms with van der Waals surface area (Å²) >= 11 is 0. The molecule has 6 nitrogen and oxygen atoms in total. The highest BCUT2D eigenvalue weighted by atomic mass is 19.1. The molecule has 29 heavy (non-hydrogen) atoms. The second-order valence-corrected chi connectivity index (χ2v) is 7.15. The van der Waals surface area contributed by atoms with Crippen molar-refractivity contribution < 1.29 is 18.4 Å². The number of carbonyl (C=O) groups is 1. The second kappa shape index (κ2) is 8.86. The molecule has 1 aromatic heterocycles. The third kappa shape index (κ3) is 4.80. The lowest BCUT2D eigenvalue weighted by Crippen LogP contribution is -2.42. The molecule has 1 atom stereocenters. The largest absolute Gasteiger partial charge is 0.484 e. The van der Waals surface area contributed by atoms with E-state index in [0.717, 1.165) is 19.4 Å². The van der Waals surface area contributed by atoms with Crippen LogP contribution < -0.4 is 4.74 Å². The zero-order valence-electron chi connectivity index (χ0n) is 16.0.